The van der Waals surface area contributed by atoms with Crippen molar-refractivity contribution >= 4 is 32.7 Å². The second kappa shape index (κ2) is 5.40. The Balaban J connectivity index is 2.61. The Morgan fingerprint density at radius 3 is 2.67 bits per heavy atom. The van der Waals surface area contributed by atoms with Gasteiger partial charge in [-0.15, -0.1) is 0 Å². The van der Waals surface area contributed by atoms with Crippen LogP contribution < -0.4 is 4.74 Å². The zero-order valence-electron chi connectivity index (χ0n) is 10.2. The number of benzene rings is 2. The molecule has 0 fully saturated rings. The Bertz CT molecular complexity index is 593. The molecule has 0 saturated heterocycles. The van der Waals surface area contributed by atoms with E-state index in [4.69, 9.17) is 9.47 Å². The van der Waals surface area contributed by atoms with Gasteiger partial charge in [0.25, 0.3) is 0 Å². The Labute approximate surface area is 114 Å². The molecule has 2 aromatic rings. The summed E-state index contributed by atoms with van der Waals surface area (Å²) in [5.41, 5.74) is 0.856. The van der Waals surface area contributed by atoms with Crippen molar-refractivity contribution in [3.63, 3.8) is 0 Å². The zero-order valence-corrected chi connectivity index (χ0v) is 11.8. The molecule has 18 heavy (non-hydrogen) atoms. The summed E-state index contributed by atoms with van der Waals surface area (Å²) in [5.74, 6) is 0.430. The third-order valence-corrected chi connectivity index (χ3v) is 3.31. The van der Waals surface area contributed by atoms with E-state index in [0.29, 0.717) is 5.75 Å². The number of fused-ring (bicyclic) bond motifs is 1. The lowest BCUT2D eigenvalue weighted by atomic mass is 10.0. The van der Waals surface area contributed by atoms with Crippen molar-refractivity contribution in [1.82, 2.24) is 0 Å². The largest absolute Gasteiger partial charge is 0.496 e. The summed E-state index contributed by atoms with van der Waals surface area (Å²) < 4.78 is 11.0. The first-order valence-corrected chi connectivity index (χ1v) is 6.27. The molecule has 0 aromatic heterocycles. The lowest BCUT2D eigenvalue weighted by Crippen LogP contribution is -2.06. The van der Waals surface area contributed by atoms with Gasteiger partial charge in [0.1, 0.15) is 5.75 Å². The average molecular weight is 309 g/mol. The average Bonchev–Trinajstić information content (AvgIpc) is 2.38. The molecule has 0 N–H and O–H groups in total. The first-order valence-electron chi connectivity index (χ1n) is 5.47. The van der Waals surface area contributed by atoms with Crippen LogP contribution in [0.2, 0.25) is 0 Å². The fourth-order valence-corrected chi connectivity index (χ4v) is 2.31. The molecule has 2 aromatic carbocycles. The molecule has 0 unspecified atom stereocenters. The number of methoxy groups -OCH3 is 2. The molecule has 0 amide bonds. The minimum absolute atomic E-state index is 0.207. The number of carbonyl (C=O) groups excluding carboxylic acids is 1. The Morgan fingerprint density at radius 1 is 1.22 bits per heavy atom. The summed E-state index contributed by atoms with van der Waals surface area (Å²) in [7, 11) is 2.98. The van der Waals surface area contributed by atoms with Crippen molar-refractivity contribution in [2.45, 2.75) is 6.42 Å². The molecule has 0 spiro atoms. The molecule has 0 aliphatic rings. The SMILES string of the molecule is COC(=O)Cc1c(OC)ccc2cc(Br)ccc12. The van der Waals surface area contributed by atoms with Gasteiger partial charge >= 0.3 is 5.97 Å². The Morgan fingerprint density at radius 2 is 2.00 bits per heavy atom. The van der Waals surface area contributed by atoms with Crippen LogP contribution in [0.1, 0.15) is 5.56 Å². The quantitative estimate of drug-likeness (QED) is 0.816. The summed E-state index contributed by atoms with van der Waals surface area (Å²) in [6.45, 7) is 0. The molecule has 0 radical (unpaired) electrons. The van der Waals surface area contributed by atoms with E-state index >= 15 is 0 Å². The van der Waals surface area contributed by atoms with Crippen LogP contribution in [-0.4, -0.2) is 20.2 Å². The van der Waals surface area contributed by atoms with Gasteiger partial charge in [-0.25, -0.2) is 0 Å². The zero-order chi connectivity index (χ0) is 13.1. The van der Waals surface area contributed by atoms with E-state index in [2.05, 4.69) is 15.9 Å². The topological polar surface area (TPSA) is 35.5 Å². The van der Waals surface area contributed by atoms with Gasteiger partial charge in [-0.1, -0.05) is 28.1 Å². The van der Waals surface area contributed by atoms with E-state index in [-0.39, 0.29) is 12.4 Å². The van der Waals surface area contributed by atoms with Gasteiger partial charge in [0, 0.05) is 10.0 Å². The van der Waals surface area contributed by atoms with Crippen LogP contribution in [-0.2, 0) is 16.0 Å². The second-order valence-electron chi connectivity index (χ2n) is 3.86. The maximum absolute atomic E-state index is 11.5. The second-order valence-corrected chi connectivity index (χ2v) is 4.78. The van der Waals surface area contributed by atoms with Gasteiger partial charge in [0.2, 0.25) is 0 Å². The van der Waals surface area contributed by atoms with E-state index in [0.717, 1.165) is 20.8 Å². The predicted octanol–water partition coefficient (Wildman–Crippen LogP) is 3.33. The van der Waals surface area contributed by atoms with Gasteiger partial charge in [0.05, 0.1) is 20.6 Å². The first kappa shape index (κ1) is 12.9. The fourth-order valence-electron chi connectivity index (χ4n) is 1.94. The van der Waals surface area contributed by atoms with Crippen LogP contribution in [0.25, 0.3) is 10.8 Å². The van der Waals surface area contributed by atoms with Crippen LogP contribution >= 0.6 is 15.9 Å². The number of hydrogen-bond donors (Lipinski definition) is 0. The monoisotopic (exact) mass is 308 g/mol. The van der Waals surface area contributed by atoms with E-state index in [9.17, 15) is 4.79 Å². The van der Waals surface area contributed by atoms with E-state index in [1.54, 1.807) is 7.11 Å². The number of rotatable bonds is 3. The molecule has 0 saturated carbocycles. The minimum atomic E-state index is -0.274. The summed E-state index contributed by atoms with van der Waals surface area (Å²) in [4.78, 5) is 11.5. The summed E-state index contributed by atoms with van der Waals surface area (Å²) in [6.07, 6.45) is 0.207. The lowest BCUT2D eigenvalue weighted by Gasteiger charge is -2.11. The molecule has 0 heterocycles. The highest BCUT2D eigenvalue weighted by atomic mass is 79.9. The summed E-state index contributed by atoms with van der Waals surface area (Å²) in [5, 5.41) is 2.06. The number of ether oxygens (including phenoxy) is 2. The smallest absolute Gasteiger partial charge is 0.310 e. The first-order chi connectivity index (χ1) is 8.65. The van der Waals surface area contributed by atoms with Crippen LogP contribution in [0.15, 0.2) is 34.8 Å². The molecule has 2 rings (SSSR count). The molecular weight excluding hydrogens is 296 g/mol. The van der Waals surface area contributed by atoms with Gasteiger partial charge in [0.15, 0.2) is 0 Å². The van der Waals surface area contributed by atoms with Gasteiger partial charge < -0.3 is 9.47 Å². The third kappa shape index (κ3) is 2.48. The molecule has 0 bridgehead atoms. The van der Waals surface area contributed by atoms with Crippen LogP contribution in [0.3, 0.4) is 0 Å². The minimum Gasteiger partial charge on any atom is -0.496 e. The van der Waals surface area contributed by atoms with Crippen LogP contribution in [0, 0.1) is 0 Å². The lowest BCUT2D eigenvalue weighted by molar-refractivity contribution is -0.139. The highest BCUT2D eigenvalue weighted by Gasteiger charge is 2.13. The summed E-state index contributed by atoms with van der Waals surface area (Å²) in [6, 6.07) is 9.77. The summed E-state index contributed by atoms with van der Waals surface area (Å²) >= 11 is 3.43. The van der Waals surface area contributed by atoms with E-state index < -0.39 is 0 Å². The molecule has 0 aliphatic heterocycles. The number of hydrogen-bond acceptors (Lipinski definition) is 3. The van der Waals surface area contributed by atoms with E-state index in [1.165, 1.54) is 7.11 Å². The molecule has 0 aliphatic carbocycles. The highest BCUT2D eigenvalue weighted by molar-refractivity contribution is 9.10. The van der Waals surface area contributed by atoms with Gasteiger partial charge in [-0.3, -0.25) is 4.79 Å². The maximum Gasteiger partial charge on any atom is 0.310 e. The van der Waals surface area contributed by atoms with Crippen molar-refractivity contribution in [2.24, 2.45) is 0 Å². The van der Waals surface area contributed by atoms with Crippen LogP contribution in [0.5, 0.6) is 5.75 Å². The number of esters is 1. The van der Waals surface area contributed by atoms with Crippen molar-refractivity contribution < 1.29 is 14.3 Å². The van der Waals surface area contributed by atoms with Crippen LogP contribution in [0.4, 0.5) is 0 Å². The van der Waals surface area contributed by atoms with Crippen molar-refractivity contribution in [2.75, 3.05) is 14.2 Å². The molecule has 94 valence electrons. The molecular formula is C14H13BrO3. The maximum atomic E-state index is 11.5. The highest BCUT2D eigenvalue weighted by Crippen LogP contribution is 2.30. The standard InChI is InChI=1S/C14H13BrO3/c1-17-13-6-3-9-7-10(15)4-5-11(9)12(13)8-14(16)18-2/h3-7H,8H2,1-2H3. The Hall–Kier alpha value is -1.55. The van der Waals surface area contributed by atoms with E-state index in [1.807, 2.05) is 30.3 Å². The normalized spacial score (nSPS) is 10.4. The molecule has 4 heteroatoms. The molecule has 0 atom stereocenters. The van der Waals surface area contributed by atoms with Gasteiger partial charge in [-0.05, 0) is 29.0 Å². The third-order valence-electron chi connectivity index (χ3n) is 2.82. The van der Waals surface area contributed by atoms with Crippen molar-refractivity contribution in [3.05, 3.63) is 40.4 Å². The van der Waals surface area contributed by atoms with Crippen molar-refractivity contribution in [1.29, 1.82) is 0 Å². The predicted molar refractivity (Wildman–Crippen MR) is 73.9 cm³/mol. The van der Waals surface area contributed by atoms with Gasteiger partial charge in [-0.2, -0.15) is 0 Å². The fraction of sp³-hybridized carbons (Fsp3) is 0.214. The number of halogens is 1. The molecule has 3 nitrogen and oxygen atoms in total. The van der Waals surface area contributed by atoms with Crippen molar-refractivity contribution in [3.8, 4) is 5.75 Å². The number of carbonyl (C=O) groups is 1. The Kier molecular flexibility index (Phi) is 3.87.